The summed E-state index contributed by atoms with van der Waals surface area (Å²) in [5, 5.41) is 12.4. The standard InChI is InChI=1S/C50H29N3/c1-2-14-31(15-3-1)42-29-43(38-24-12-23-35-34-22-10-16-32-17-11-25-40(45(32)34)47(35)38)52-50(51-42)53-44-26-9-8-21-39(44)48-41-28-27-30-13-4-5-18-33(30)46(41)36-19-6-7-20-37(36)49(48)53/h1-29H. The quantitative estimate of drug-likeness (QED) is 0.175. The van der Waals surface area contributed by atoms with Crippen LogP contribution in [0.2, 0.25) is 0 Å². The predicted molar refractivity (Wildman–Crippen MR) is 222 cm³/mol. The molecule has 0 unspecified atom stereocenters. The average molecular weight is 672 g/mol. The molecule has 3 heteroatoms. The van der Waals surface area contributed by atoms with Crippen molar-refractivity contribution < 1.29 is 0 Å². The van der Waals surface area contributed by atoms with Gasteiger partial charge in [-0.15, -0.1) is 0 Å². The van der Waals surface area contributed by atoms with Crippen LogP contribution in [0.1, 0.15) is 0 Å². The molecule has 0 radical (unpaired) electrons. The molecule has 0 amide bonds. The zero-order valence-electron chi connectivity index (χ0n) is 28.6. The Morgan fingerprint density at radius 1 is 0.358 bits per heavy atom. The van der Waals surface area contributed by atoms with E-state index >= 15 is 0 Å². The molecule has 3 nitrogen and oxygen atoms in total. The number of fused-ring (bicyclic) bond motifs is 13. The Morgan fingerprint density at radius 2 is 1.00 bits per heavy atom. The lowest BCUT2D eigenvalue weighted by Gasteiger charge is -2.16. The second-order valence-corrected chi connectivity index (χ2v) is 14.1. The van der Waals surface area contributed by atoms with E-state index in [9.17, 15) is 0 Å². The molecule has 2 heterocycles. The third-order valence-corrected chi connectivity index (χ3v) is 11.3. The highest BCUT2D eigenvalue weighted by atomic mass is 15.2. The molecule has 0 spiro atoms. The summed E-state index contributed by atoms with van der Waals surface area (Å²) < 4.78 is 2.32. The molecular formula is C50H29N3. The van der Waals surface area contributed by atoms with Gasteiger partial charge in [-0.1, -0.05) is 164 Å². The van der Waals surface area contributed by atoms with E-state index in [0.717, 1.165) is 33.5 Å². The van der Waals surface area contributed by atoms with E-state index in [-0.39, 0.29) is 0 Å². The van der Waals surface area contributed by atoms with Gasteiger partial charge < -0.3 is 0 Å². The van der Waals surface area contributed by atoms with Gasteiger partial charge in [0.15, 0.2) is 0 Å². The highest BCUT2D eigenvalue weighted by molar-refractivity contribution is 6.36. The molecule has 0 aliphatic heterocycles. The number of rotatable bonds is 3. The highest BCUT2D eigenvalue weighted by Gasteiger charge is 2.26. The molecule has 244 valence electrons. The molecule has 53 heavy (non-hydrogen) atoms. The number of hydrogen-bond acceptors (Lipinski definition) is 2. The Balaban J connectivity index is 1.23. The van der Waals surface area contributed by atoms with Crippen LogP contribution in [0.4, 0.5) is 0 Å². The lowest BCUT2D eigenvalue weighted by atomic mass is 9.93. The molecule has 0 atom stereocenters. The van der Waals surface area contributed by atoms with E-state index in [4.69, 9.17) is 9.97 Å². The van der Waals surface area contributed by atoms with Crippen molar-refractivity contribution in [2.75, 3.05) is 0 Å². The van der Waals surface area contributed by atoms with Crippen LogP contribution in [-0.2, 0) is 0 Å². The van der Waals surface area contributed by atoms with Crippen molar-refractivity contribution in [1.29, 1.82) is 0 Å². The highest BCUT2D eigenvalue weighted by Crippen LogP contribution is 2.51. The van der Waals surface area contributed by atoms with Crippen LogP contribution >= 0.6 is 0 Å². The molecule has 12 rings (SSSR count). The summed E-state index contributed by atoms with van der Waals surface area (Å²) in [5.74, 6) is 0.657. The summed E-state index contributed by atoms with van der Waals surface area (Å²) in [6.45, 7) is 0. The van der Waals surface area contributed by atoms with Gasteiger partial charge >= 0.3 is 0 Å². The molecular weight excluding hydrogens is 643 g/mol. The lowest BCUT2D eigenvalue weighted by molar-refractivity contribution is 0.998. The molecule has 1 aliphatic carbocycles. The van der Waals surface area contributed by atoms with Crippen molar-refractivity contribution in [3.8, 4) is 50.7 Å². The maximum atomic E-state index is 5.56. The summed E-state index contributed by atoms with van der Waals surface area (Å²) in [4.78, 5) is 11.0. The lowest BCUT2D eigenvalue weighted by Crippen LogP contribution is -2.04. The third-order valence-electron chi connectivity index (χ3n) is 11.3. The normalized spacial score (nSPS) is 12.2. The molecule has 0 bridgehead atoms. The number of hydrogen-bond donors (Lipinski definition) is 0. The maximum Gasteiger partial charge on any atom is 0.235 e. The van der Waals surface area contributed by atoms with E-state index in [2.05, 4.69) is 180 Å². The van der Waals surface area contributed by atoms with Crippen LogP contribution in [0.5, 0.6) is 0 Å². The molecule has 0 saturated heterocycles. The minimum atomic E-state index is 0.657. The van der Waals surface area contributed by atoms with Crippen LogP contribution < -0.4 is 0 Å². The Bertz CT molecular complexity index is 3330. The number of para-hydroxylation sites is 1. The van der Waals surface area contributed by atoms with E-state index in [1.165, 1.54) is 76.1 Å². The second-order valence-electron chi connectivity index (χ2n) is 14.1. The molecule has 0 N–H and O–H groups in total. The summed E-state index contributed by atoms with van der Waals surface area (Å²) in [6, 6.07) is 63.5. The number of nitrogens with zero attached hydrogens (tertiary/aromatic N) is 3. The van der Waals surface area contributed by atoms with Crippen molar-refractivity contribution in [3.63, 3.8) is 0 Å². The van der Waals surface area contributed by atoms with E-state index < -0.39 is 0 Å². The van der Waals surface area contributed by atoms with Gasteiger partial charge in [-0.2, -0.15) is 0 Å². The average Bonchev–Trinajstić information content (AvgIpc) is 3.76. The predicted octanol–water partition coefficient (Wildman–Crippen LogP) is 13.2. The van der Waals surface area contributed by atoms with Crippen LogP contribution in [0.15, 0.2) is 176 Å². The Hall–Kier alpha value is -7.10. The molecule has 0 saturated carbocycles. The van der Waals surface area contributed by atoms with Gasteiger partial charge in [0.05, 0.1) is 22.4 Å². The summed E-state index contributed by atoms with van der Waals surface area (Å²) in [5.41, 5.74) is 11.2. The molecule has 0 fully saturated rings. The smallest absolute Gasteiger partial charge is 0.235 e. The Labute approximate surface area is 305 Å². The van der Waals surface area contributed by atoms with Crippen molar-refractivity contribution >= 4 is 64.9 Å². The molecule has 1 aliphatic rings. The van der Waals surface area contributed by atoms with Crippen molar-refractivity contribution in [2.24, 2.45) is 0 Å². The SMILES string of the molecule is c1ccc(-c2cc(-c3cccc4c3-c3cccc5cccc-4c35)nc(-n3c4ccccc4c4c5ccc6ccccc6c5c5ccccc5c43)n2)cc1. The topological polar surface area (TPSA) is 30.7 Å². The van der Waals surface area contributed by atoms with Crippen LogP contribution in [0, 0.1) is 0 Å². The largest absolute Gasteiger partial charge is 0.277 e. The minimum Gasteiger partial charge on any atom is -0.277 e. The number of benzene rings is 9. The minimum absolute atomic E-state index is 0.657. The van der Waals surface area contributed by atoms with Crippen molar-refractivity contribution in [1.82, 2.24) is 14.5 Å². The van der Waals surface area contributed by atoms with E-state index in [1.54, 1.807) is 0 Å². The fourth-order valence-electron chi connectivity index (χ4n) is 9.14. The first-order valence-electron chi connectivity index (χ1n) is 18.2. The van der Waals surface area contributed by atoms with Crippen LogP contribution in [0.3, 0.4) is 0 Å². The number of aromatic nitrogens is 3. The van der Waals surface area contributed by atoms with Crippen LogP contribution in [-0.4, -0.2) is 14.5 Å². The maximum absolute atomic E-state index is 5.56. The van der Waals surface area contributed by atoms with E-state index in [0.29, 0.717) is 5.95 Å². The summed E-state index contributed by atoms with van der Waals surface area (Å²) in [6.07, 6.45) is 0. The van der Waals surface area contributed by atoms with Gasteiger partial charge in [0.25, 0.3) is 0 Å². The van der Waals surface area contributed by atoms with E-state index in [1.807, 2.05) is 0 Å². The summed E-state index contributed by atoms with van der Waals surface area (Å²) in [7, 11) is 0. The van der Waals surface area contributed by atoms with Gasteiger partial charge in [-0.3, -0.25) is 4.57 Å². The van der Waals surface area contributed by atoms with Crippen molar-refractivity contribution in [2.45, 2.75) is 0 Å². The zero-order chi connectivity index (χ0) is 34.6. The first kappa shape index (κ1) is 28.6. The van der Waals surface area contributed by atoms with Gasteiger partial charge in [0.1, 0.15) is 0 Å². The van der Waals surface area contributed by atoms with Crippen LogP contribution in [0.25, 0.3) is 116 Å². The van der Waals surface area contributed by atoms with Gasteiger partial charge in [-0.05, 0) is 72.1 Å². The fraction of sp³-hybridized carbons (Fsp3) is 0. The Morgan fingerprint density at radius 3 is 1.87 bits per heavy atom. The fourth-order valence-corrected chi connectivity index (χ4v) is 9.14. The zero-order valence-corrected chi connectivity index (χ0v) is 28.6. The first-order valence-corrected chi connectivity index (χ1v) is 18.2. The van der Waals surface area contributed by atoms with Crippen molar-refractivity contribution in [3.05, 3.63) is 176 Å². The molecule has 2 aromatic heterocycles. The Kier molecular flexibility index (Phi) is 5.77. The van der Waals surface area contributed by atoms with Gasteiger partial charge in [0, 0.05) is 27.3 Å². The second kappa shape index (κ2) is 10.7. The van der Waals surface area contributed by atoms with Gasteiger partial charge in [-0.25, -0.2) is 9.97 Å². The molecule has 9 aromatic carbocycles. The first-order chi connectivity index (χ1) is 26.3. The monoisotopic (exact) mass is 671 g/mol. The third kappa shape index (κ3) is 3.94. The molecule has 11 aromatic rings. The van der Waals surface area contributed by atoms with Gasteiger partial charge in [0.2, 0.25) is 5.95 Å². The summed E-state index contributed by atoms with van der Waals surface area (Å²) >= 11 is 0.